The molecule has 2 aromatic carbocycles. The lowest BCUT2D eigenvalue weighted by atomic mass is 10.2. The van der Waals surface area contributed by atoms with Crippen LogP contribution in [0.2, 0.25) is 0 Å². The lowest BCUT2D eigenvalue weighted by molar-refractivity contribution is -0.136. The summed E-state index contributed by atoms with van der Waals surface area (Å²) in [6, 6.07) is 8.27. The van der Waals surface area contributed by atoms with Gasteiger partial charge in [-0.05, 0) is 30.3 Å². The van der Waals surface area contributed by atoms with E-state index >= 15 is 0 Å². The summed E-state index contributed by atoms with van der Waals surface area (Å²) in [4.78, 5) is 11.1. The number of hydrogen-bond donors (Lipinski definition) is 1. The molecule has 0 radical (unpaired) electrons. The second kappa shape index (κ2) is 5.88. The van der Waals surface area contributed by atoms with Crippen molar-refractivity contribution < 1.29 is 21.6 Å². The van der Waals surface area contributed by atoms with Crippen LogP contribution >= 0.6 is 11.3 Å². The lowest BCUT2D eigenvalue weighted by Crippen LogP contribution is -2.17. The van der Waals surface area contributed by atoms with E-state index in [4.69, 9.17) is 0 Å². The highest BCUT2D eigenvalue weighted by atomic mass is 32.2. The Bertz CT molecular complexity index is 1110. The number of para-hydroxylation sites is 1. The second-order valence-electron chi connectivity index (χ2n) is 5.21. The molecule has 25 heavy (non-hydrogen) atoms. The maximum absolute atomic E-state index is 13.0. The number of halogens is 3. The number of benzene rings is 2. The number of fused-ring (bicyclic) bond motifs is 1. The van der Waals surface area contributed by atoms with Crippen molar-refractivity contribution >= 4 is 37.3 Å². The topological polar surface area (TPSA) is 68.2 Å². The van der Waals surface area contributed by atoms with Gasteiger partial charge in [0.25, 0.3) is 10.0 Å². The molecular formula is C15H11F3N2O3S2. The van der Waals surface area contributed by atoms with Crippen molar-refractivity contribution in [3.63, 3.8) is 0 Å². The number of sulfonamides is 1. The predicted octanol–water partition coefficient (Wildman–Crippen LogP) is 3.42. The SMILES string of the molecule is Cn1c(=O)sc2cc(S(=O)(=O)Nc3ccccc3C(F)(F)F)ccc21. The van der Waals surface area contributed by atoms with Crippen molar-refractivity contribution in [2.75, 3.05) is 4.72 Å². The zero-order chi connectivity index (χ0) is 18.4. The number of rotatable bonds is 3. The minimum Gasteiger partial charge on any atom is -0.302 e. The number of thiazole rings is 1. The van der Waals surface area contributed by atoms with E-state index < -0.39 is 27.5 Å². The van der Waals surface area contributed by atoms with E-state index in [9.17, 15) is 26.4 Å². The summed E-state index contributed by atoms with van der Waals surface area (Å²) in [5.41, 5.74) is -1.09. The molecule has 1 aromatic heterocycles. The van der Waals surface area contributed by atoms with Crippen LogP contribution in [0.25, 0.3) is 10.2 Å². The average molecular weight is 388 g/mol. The number of nitrogens with one attached hydrogen (secondary N) is 1. The van der Waals surface area contributed by atoms with Crippen LogP contribution in [0.5, 0.6) is 0 Å². The van der Waals surface area contributed by atoms with Crippen LogP contribution in [0.15, 0.2) is 52.2 Å². The lowest BCUT2D eigenvalue weighted by Gasteiger charge is -2.14. The van der Waals surface area contributed by atoms with Gasteiger partial charge in [-0.15, -0.1) is 0 Å². The van der Waals surface area contributed by atoms with Gasteiger partial charge in [-0.25, -0.2) is 8.42 Å². The molecule has 1 heterocycles. The molecule has 5 nitrogen and oxygen atoms in total. The summed E-state index contributed by atoms with van der Waals surface area (Å²) < 4.78 is 67.7. The summed E-state index contributed by atoms with van der Waals surface area (Å²) in [6.45, 7) is 0. The van der Waals surface area contributed by atoms with E-state index in [1.54, 1.807) is 7.05 Å². The molecule has 0 fully saturated rings. The van der Waals surface area contributed by atoms with Crippen molar-refractivity contribution in [1.29, 1.82) is 0 Å². The maximum Gasteiger partial charge on any atom is 0.418 e. The minimum absolute atomic E-state index is 0.223. The summed E-state index contributed by atoms with van der Waals surface area (Å²) in [5.74, 6) is 0. The molecule has 3 rings (SSSR count). The van der Waals surface area contributed by atoms with E-state index in [1.165, 1.54) is 34.9 Å². The van der Waals surface area contributed by atoms with Crippen LogP contribution in [0.1, 0.15) is 5.56 Å². The average Bonchev–Trinajstić information content (AvgIpc) is 2.81. The van der Waals surface area contributed by atoms with Crippen LogP contribution in [-0.4, -0.2) is 13.0 Å². The van der Waals surface area contributed by atoms with E-state index in [1.807, 2.05) is 4.72 Å². The molecule has 3 aromatic rings. The Labute approximate surface area is 144 Å². The van der Waals surface area contributed by atoms with Gasteiger partial charge in [-0.1, -0.05) is 23.5 Å². The van der Waals surface area contributed by atoms with Crippen LogP contribution in [-0.2, 0) is 23.2 Å². The number of alkyl halides is 3. The quantitative estimate of drug-likeness (QED) is 0.748. The second-order valence-corrected chi connectivity index (χ2v) is 7.88. The molecule has 0 aliphatic heterocycles. The third kappa shape index (κ3) is 3.27. The maximum atomic E-state index is 13.0. The molecule has 132 valence electrons. The van der Waals surface area contributed by atoms with Crippen LogP contribution in [0.4, 0.5) is 18.9 Å². The molecular weight excluding hydrogens is 377 g/mol. The fourth-order valence-electron chi connectivity index (χ4n) is 2.30. The molecule has 0 aliphatic rings. The molecule has 10 heteroatoms. The van der Waals surface area contributed by atoms with Crippen molar-refractivity contribution in [2.45, 2.75) is 11.1 Å². The Kier molecular flexibility index (Phi) is 4.12. The Morgan fingerprint density at radius 1 is 1.12 bits per heavy atom. The Balaban J connectivity index is 2.05. The first kappa shape index (κ1) is 17.5. The van der Waals surface area contributed by atoms with Gasteiger partial charge in [0.15, 0.2) is 0 Å². The van der Waals surface area contributed by atoms with Gasteiger partial charge in [-0.3, -0.25) is 9.52 Å². The van der Waals surface area contributed by atoms with E-state index in [0.717, 1.165) is 23.5 Å². The number of aromatic nitrogens is 1. The molecule has 0 saturated carbocycles. The molecule has 0 unspecified atom stereocenters. The zero-order valence-electron chi connectivity index (χ0n) is 12.7. The van der Waals surface area contributed by atoms with Gasteiger partial charge >= 0.3 is 11.0 Å². The first-order valence-corrected chi connectivity index (χ1v) is 9.18. The highest BCUT2D eigenvalue weighted by Crippen LogP contribution is 2.35. The van der Waals surface area contributed by atoms with Gasteiger partial charge in [0.1, 0.15) is 0 Å². The Morgan fingerprint density at radius 2 is 1.80 bits per heavy atom. The molecule has 0 saturated heterocycles. The first-order valence-electron chi connectivity index (χ1n) is 6.88. The third-order valence-electron chi connectivity index (χ3n) is 3.55. The van der Waals surface area contributed by atoms with Gasteiger partial charge in [-0.2, -0.15) is 13.2 Å². The van der Waals surface area contributed by atoms with Gasteiger partial charge in [0.05, 0.1) is 26.4 Å². The molecule has 0 aliphatic carbocycles. The number of hydrogen-bond acceptors (Lipinski definition) is 4. The summed E-state index contributed by atoms with van der Waals surface area (Å²) >= 11 is 0.858. The van der Waals surface area contributed by atoms with Crippen LogP contribution in [0.3, 0.4) is 0 Å². The fraction of sp³-hybridized carbons (Fsp3) is 0.133. The zero-order valence-corrected chi connectivity index (χ0v) is 14.3. The summed E-state index contributed by atoms with van der Waals surface area (Å²) in [5, 5.41) is 0. The number of aryl methyl sites for hydroxylation is 1. The monoisotopic (exact) mass is 388 g/mol. The highest BCUT2D eigenvalue weighted by Gasteiger charge is 2.34. The molecule has 0 spiro atoms. The Hall–Kier alpha value is -2.33. The van der Waals surface area contributed by atoms with Crippen molar-refractivity contribution in [3.05, 3.63) is 57.7 Å². The fourth-order valence-corrected chi connectivity index (χ4v) is 4.40. The number of nitrogens with zero attached hydrogens (tertiary/aromatic N) is 1. The van der Waals surface area contributed by atoms with Gasteiger partial charge in [0.2, 0.25) is 0 Å². The minimum atomic E-state index is -4.69. The summed E-state index contributed by atoms with van der Waals surface area (Å²) in [7, 11) is -2.70. The van der Waals surface area contributed by atoms with Crippen molar-refractivity contribution in [3.8, 4) is 0 Å². The highest BCUT2D eigenvalue weighted by molar-refractivity contribution is 7.92. The van der Waals surface area contributed by atoms with Crippen LogP contribution in [0, 0.1) is 0 Å². The third-order valence-corrected chi connectivity index (χ3v) is 5.91. The molecule has 0 amide bonds. The van der Waals surface area contributed by atoms with Crippen molar-refractivity contribution in [1.82, 2.24) is 4.57 Å². The number of anilines is 1. The van der Waals surface area contributed by atoms with Crippen LogP contribution < -0.4 is 9.60 Å². The van der Waals surface area contributed by atoms with E-state index in [-0.39, 0.29) is 9.77 Å². The smallest absolute Gasteiger partial charge is 0.302 e. The standard InChI is InChI=1S/C15H11F3N2O3S2/c1-20-12-7-6-9(8-13(12)24-14(20)21)25(22,23)19-11-5-3-2-4-10(11)15(16,17)18/h2-8,19H,1H3. The molecule has 0 bridgehead atoms. The van der Waals surface area contributed by atoms with Gasteiger partial charge < -0.3 is 4.57 Å². The first-order chi connectivity index (χ1) is 11.6. The summed E-state index contributed by atoms with van der Waals surface area (Å²) in [6.07, 6.45) is -4.69. The van der Waals surface area contributed by atoms with E-state index in [0.29, 0.717) is 10.2 Å². The molecule has 1 N–H and O–H groups in total. The molecule has 0 atom stereocenters. The Morgan fingerprint density at radius 3 is 2.48 bits per heavy atom. The van der Waals surface area contributed by atoms with Gasteiger partial charge in [0, 0.05) is 7.05 Å². The van der Waals surface area contributed by atoms with Crippen molar-refractivity contribution in [2.24, 2.45) is 7.05 Å². The predicted molar refractivity (Wildman–Crippen MR) is 89.3 cm³/mol. The largest absolute Gasteiger partial charge is 0.418 e. The van der Waals surface area contributed by atoms with E-state index in [2.05, 4.69) is 0 Å². The normalized spacial score (nSPS) is 12.5.